The molecule has 0 fully saturated rings. The molecule has 1 N–H and O–H groups in total. The second kappa shape index (κ2) is 11.5. The lowest BCUT2D eigenvalue weighted by molar-refractivity contribution is 0.310. The van der Waals surface area contributed by atoms with E-state index < -0.39 is 0 Å². The first-order chi connectivity index (χ1) is 14.7. The van der Waals surface area contributed by atoms with Gasteiger partial charge in [0.2, 0.25) is 0 Å². The molecular formula is C25H28ClNO3. The molecule has 5 heteroatoms. The Morgan fingerprint density at radius 2 is 1.53 bits per heavy atom. The third-order valence-electron chi connectivity index (χ3n) is 4.82. The fourth-order valence-electron chi connectivity index (χ4n) is 3.23. The van der Waals surface area contributed by atoms with Crippen LogP contribution in [0.5, 0.6) is 17.2 Å². The quantitative estimate of drug-likeness (QED) is 0.402. The third-order valence-corrected chi connectivity index (χ3v) is 5.17. The smallest absolute Gasteiger partial charge is 0.162 e. The SMILES string of the molecule is COc1cc(Cl)c(CNCc2cccc(OCCCc3ccccc3)c2)cc1OC. The molecule has 0 heterocycles. The predicted molar refractivity (Wildman–Crippen MR) is 122 cm³/mol. The molecule has 3 aromatic rings. The Morgan fingerprint density at radius 1 is 0.800 bits per heavy atom. The van der Waals surface area contributed by atoms with Crippen LogP contribution in [0.4, 0.5) is 0 Å². The summed E-state index contributed by atoms with van der Waals surface area (Å²) in [5.41, 5.74) is 3.46. The minimum atomic E-state index is 0.626. The summed E-state index contributed by atoms with van der Waals surface area (Å²) in [5, 5.41) is 4.08. The number of nitrogens with one attached hydrogen (secondary N) is 1. The van der Waals surface area contributed by atoms with Crippen LogP contribution < -0.4 is 19.5 Å². The Kier molecular flexibility index (Phi) is 8.42. The Balaban J connectivity index is 1.47. The Bertz CT molecular complexity index is 931. The summed E-state index contributed by atoms with van der Waals surface area (Å²) < 4.78 is 16.6. The van der Waals surface area contributed by atoms with E-state index in [2.05, 4.69) is 41.7 Å². The highest BCUT2D eigenvalue weighted by Crippen LogP contribution is 2.33. The van der Waals surface area contributed by atoms with Crippen molar-refractivity contribution in [1.29, 1.82) is 0 Å². The molecule has 3 aromatic carbocycles. The summed E-state index contributed by atoms with van der Waals surface area (Å²) in [6.45, 7) is 2.04. The van der Waals surface area contributed by atoms with E-state index in [9.17, 15) is 0 Å². The molecule has 0 aliphatic carbocycles. The molecule has 0 aliphatic rings. The topological polar surface area (TPSA) is 39.7 Å². The zero-order valence-electron chi connectivity index (χ0n) is 17.5. The van der Waals surface area contributed by atoms with E-state index in [4.69, 9.17) is 25.8 Å². The molecule has 0 atom stereocenters. The molecule has 4 nitrogen and oxygen atoms in total. The number of hydrogen-bond donors (Lipinski definition) is 1. The van der Waals surface area contributed by atoms with Crippen molar-refractivity contribution in [2.45, 2.75) is 25.9 Å². The molecule has 3 rings (SSSR count). The molecule has 0 radical (unpaired) electrons. The number of methoxy groups -OCH3 is 2. The summed E-state index contributed by atoms with van der Waals surface area (Å²) in [6, 6.07) is 22.3. The number of hydrogen-bond acceptors (Lipinski definition) is 4. The summed E-state index contributed by atoms with van der Waals surface area (Å²) >= 11 is 6.36. The fraction of sp³-hybridized carbons (Fsp3) is 0.280. The van der Waals surface area contributed by atoms with E-state index in [1.807, 2.05) is 24.3 Å². The van der Waals surface area contributed by atoms with Gasteiger partial charge < -0.3 is 19.5 Å². The van der Waals surface area contributed by atoms with Gasteiger partial charge in [-0.3, -0.25) is 0 Å². The highest BCUT2D eigenvalue weighted by molar-refractivity contribution is 6.31. The van der Waals surface area contributed by atoms with Crippen molar-refractivity contribution >= 4 is 11.6 Å². The van der Waals surface area contributed by atoms with E-state index >= 15 is 0 Å². The van der Waals surface area contributed by atoms with Crippen molar-refractivity contribution < 1.29 is 14.2 Å². The maximum atomic E-state index is 6.36. The van der Waals surface area contributed by atoms with Crippen LogP contribution >= 0.6 is 11.6 Å². The first kappa shape index (κ1) is 22.0. The average Bonchev–Trinajstić information content (AvgIpc) is 2.78. The minimum absolute atomic E-state index is 0.626. The van der Waals surface area contributed by atoms with Crippen molar-refractivity contribution in [2.24, 2.45) is 0 Å². The lowest BCUT2D eigenvalue weighted by Gasteiger charge is -2.13. The van der Waals surface area contributed by atoms with Gasteiger partial charge in [0.15, 0.2) is 11.5 Å². The van der Waals surface area contributed by atoms with E-state index in [1.165, 1.54) is 5.56 Å². The minimum Gasteiger partial charge on any atom is -0.494 e. The van der Waals surface area contributed by atoms with Gasteiger partial charge in [-0.25, -0.2) is 0 Å². The molecule has 0 spiro atoms. The first-order valence-corrected chi connectivity index (χ1v) is 10.4. The van der Waals surface area contributed by atoms with Gasteiger partial charge in [-0.2, -0.15) is 0 Å². The normalized spacial score (nSPS) is 10.6. The van der Waals surface area contributed by atoms with E-state index in [0.29, 0.717) is 36.2 Å². The van der Waals surface area contributed by atoms with Crippen LogP contribution in [0.25, 0.3) is 0 Å². The Labute approximate surface area is 183 Å². The van der Waals surface area contributed by atoms with Gasteiger partial charge >= 0.3 is 0 Å². The maximum Gasteiger partial charge on any atom is 0.162 e. The third kappa shape index (κ3) is 6.41. The average molecular weight is 426 g/mol. The monoisotopic (exact) mass is 425 g/mol. The number of ether oxygens (including phenoxy) is 3. The number of halogens is 1. The van der Waals surface area contributed by atoms with Crippen LogP contribution in [0.2, 0.25) is 5.02 Å². The van der Waals surface area contributed by atoms with E-state index in [0.717, 1.165) is 29.7 Å². The lowest BCUT2D eigenvalue weighted by atomic mass is 10.1. The van der Waals surface area contributed by atoms with Gasteiger partial charge in [0.05, 0.1) is 20.8 Å². The highest BCUT2D eigenvalue weighted by Gasteiger charge is 2.09. The zero-order chi connectivity index (χ0) is 21.2. The van der Waals surface area contributed by atoms with Crippen LogP contribution in [0.15, 0.2) is 66.7 Å². The molecule has 30 heavy (non-hydrogen) atoms. The van der Waals surface area contributed by atoms with Gasteiger partial charge in [-0.05, 0) is 47.7 Å². The van der Waals surface area contributed by atoms with Crippen LogP contribution in [0, 0.1) is 0 Å². The van der Waals surface area contributed by atoms with Gasteiger partial charge in [0, 0.05) is 24.2 Å². The molecule has 158 valence electrons. The first-order valence-electron chi connectivity index (χ1n) is 10.1. The number of benzene rings is 3. The van der Waals surface area contributed by atoms with Crippen molar-refractivity contribution in [2.75, 3.05) is 20.8 Å². The highest BCUT2D eigenvalue weighted by atomic mass is 35.5. The standard InChI is InChI=1S/C25H28ClNO3/c1-28-24-15-21(23(26)16-25(24)29-2)18-27-17-20-10-6-12-22(14-20)30-13-7-11-19-8-4-3-5-9-19/h3-6,8-10,12,14-16,27H,7,11,13,17-18H2,1-2H3. The zero-order valence-corrected chi connectivity index (χ0v) is 18.2. The van der Waals surface area contributed by atoms with Crippen LogP contribution in [0.1, 0.15) is 23.1 Å². The summed E-state index contributed by atoms with van der Waals surface area (Å²) in [4.78, 5) is 0. The molecule has 0 aliphatic heterocycles. The molecule has 0 saturated heterocycles. The summed E-state index contributed by atoms with van der Waals surface area (Å²) in [7, 11) is 3.22. The van der Waals surface area contributed by atoms with Crippen molar-refractivity contribution in [3.05, 3.63) is 88.4 Å². The van der Waals surface area contributed by atoms with E-state index in [1.54, 1.807) is 20.3 Å². The predicted octanol–water partition coefficient (Wildman–Crippen LogP) is 5.66. The molecule has 0 saturated carbocycles. The molecule has 0 unspecified atom stereocenters. The largest absolute Gasteiger partial charge is 0.494 e. The van der Waals surface area contributed by atoms with Crippen LogP contribution in [-0.2, 0) is 19.5 Å². The lowest BCUT2D eigenvalue weighted by Crippen LogP contribution is -2.13. The Hall–Kier alpha value is -2.69. The second-order valence-corrected chi connectivity index (χ2v) is 7.39. The van der Waals surface area contributed by atoms with Gasteiger partial charge in [-0.1, -0.05) is 54.1 Å². The number of aryl methyl sites for hydroxylation is 1. The van der Waals surface area contributed by atoms with Crippen molar-refractivity contribution in [3.8, 4) is 17.2 Å². The maximum absolute atomic E-state index is 6.36. The van der Waals surface area contributed by atoms with E-state index in [-0.39, 0.29) is 0 Å². The molecule has 0 aromatic heterocycles. The Morgan fingerprint density at radius 3 is 2.30 bits per heavy atom. The number of rotatable bonds is 11. The van der Waals surface area contributed by atoms with Gasteiger partial charge in [0.1, 0.15) is 5.75 Å². The molecule has 0 amide bonds. The summed E-state index contributed by atoms with van der Waals surface area (Å²) in [5.74, 6) is 2.19. The molecular weight excluding hydrogens is 398 g/mol. The van der Waals surface area contributed by atoms with Crippen LogP contribution in [0.3, 0.4) is 0 Å². The van der Waals surface area contributed by atoms with Gasteiger partial charge in [-0.15, -0.1) is 0 Å². The van der Waals surface area contributed by atoms with Crippen LogP contribution in [-0.4, -0.2) is 20.8 Å². The second-order valence-electron chi connectivity index (χ2n) is 6.99. The van der Waals surface area contributed by atoms with Gasteiger partial charge in [0.25, 0.3) is 0 Å². The summed E-state index contributed by atoms with van der Waals surface area (Å²) in [6.07, 6.45) is 2.01. The van der Waals surface area contributed by atoms with Crippen molar-refractivity contribution in [3.63, 3.8) is 0 Å². The van der Waals surface area contributed by atoms with Crippen molar-refractivity contribution in [1.82, 2.24) is 5.32 Å². The fourth-order valence-corrected chi connectivity index (χ4v) is 3.45. The molecule has 0 bridgehead atoms.